The molecule has 0 fully saturated rings. The minimum Gasteiger partial charge on any atom is -0.493 e. The Kier molecular flexibility index (Phi) is 3.47. The molecule has 0 saturated carbocycles. The van der Waals surface area contributed by atoms with Gasteiger partial charge in [-0.3, -0.25) is 0 Å². The second-order valence-electron chi connectivity index (χ2n) is 4.87. The van der Waals surface area contributed by atoms with Gasteiger partial charge in [0.25, 0.3) is 0 Å². The zero-order valence-corrected chi connectivity index (χ0v) is 11.8. The molecule has 0 N–H and O–H groups in total. The molecule has 1 aromatic carbocycles. The van der Waals surface area contributed by atoms with Crippen molar-refractivity contribution in [1.29, 1.82) is 0 Å². The van der Waals surface area contributed by atoms with Crippen molar-refractivity contribution in [3.8, 4) is 5.75 Å². The van der Waals surface area contributed by atoms with Crippen LogP contribution >= 0.6 is 11.6 Å². The Morgan fingerprint density at radius 1 is 1.42 bits per heavy atom. The fraction of sp³-hybridized carbons (Fsp3) is 0.400. The summed E-state index contributed by atoms with van der Waals surface area (Å²) in [5.41, 5.74) is 2.37. The van der Waals surface area contributed by atoms with Crippen LogP contribution in [0.15, 0.2) is 24.5 Å². The van der Waals surface area contributed by atoms with Crippen molar-refractivity contribution >= 4 is 11.6 Å². The van der Waals surface area contributed by atoms with Crippen LogP contribution in [0.2, 0.25) is 5.02 Å². The summed E-state index contributed by atoms with van der Waals surface area (Å²) in [7, 11) is 0. The Bertz CT molecular complexity index is 592. The molecule has 0 bridgehead atoms. The van der Waals surface area contributed by atoms with Crippen LogP contribution in [0, 0.1) is 0 Å². The van der Waals surface area contributed by atoms with Gasteiger partial charge < -0.3 is 9.30 Å². The number of aryl methyl sites for hydroxylation is 1. The van der Waals surface area contributed by atoms with E-state index < -0.39 is 0 Å². The zero-order chi connectivity index (χ0) is 13.2. The van der Waals surface area contributed by atoms with Crippen molar-refractivity contribution in [2.24, 2.45) is 0 Å². The lowest BCUT2D eigenvalue weighted by atomic mass is 10.1. The van der Waals surface area contributed by atoms with E-state index in [0.717, 1.165) is 54.6 Å². The molecule has 3 nitrogen and oxygen atoms in total. The summed E-state index contributed by atoms with van der Waals surface area (Å²) >= 11 is 6.19. The number of rotatable bonds is 4. The number of halogens is 1. The molecule has 0 atom stereocenters. The Balaban J connectivity index is 1.93. The first kappa shape index (κ1) is 12.5. The maximum atomic E-state index is 6.19. The lowest BCUT2D eigenvalue weighted by Crippen LogP contribution is -2.05. The highest BCUT2D eigenvalue weighted by Crippen LogP contribution is 2.33. The molecule has 0 amide bonds. The number of ether oxygens (including phenoxy) is 1. The fourth-order valence-corrected chi connectivity index (χ4v) is 2.85. The molecule has 0 spiro atoms. The average Bonchev–Trinajstić information content (AvgIpc) is 2.99. The van der Waals surface area contributed by atoms with Crippen molar-refractivity contribution in [2.45, 2.75) is 32.7 Å². The van der Waals surface area contributed by atoms with Crippen LogP contribution in [0.25, 0.3) is 0 Å². The number of nitrogens with zero attached hydrogens (tertiary/aromatic N) is 2. The largest absolute Gasteiger partial charge is 0.493 e. The molecule has 1 aliphatic rings. The number of aromatic nitrogens is 2. The normalized spacial score (nSPS) is 13.4. The van der Waals surface area contributed by atoms with E-state index in [2.05, 4.69) is 16.5 Å². The smallest absolute Gasteiger partial charge is 0.127 e. The minimum atomic E-state index is 0.758. The van der Waals surface area contributed by atoms with E-state index in [4.69, 9.17) is 16.3 Å². The highest BCUT2D eigenvalue weighted by molar-refractivity contribution is 6.30. The molecule has 3 rings (SSSR count). The lowest BCUT2D eigenvalue weighted by molar-refractivity contribution is 0.352. The molecule has 0 unspecified atom stereocenters. The van der Waals surface area contributed by atoms with Gasteiger partial charge in [0.2, 0.25) is 0 Å². The van der Waals surface area contributed by atoms with E-state index in [1.807, 2.05) is 24.5 Å². The predicted octanol–water partition coefficient (Wildman–Crippen LogP) is 3.47. The summed E-state index contributed by atoms with van der Waals surface area (Å²) in [4.78, 5) is 4.41. The molecule has 1 aromatic heterocycles. The molecule has 0 radical (unpaired) electrons. The molecular weight excluding hydrogens is 260 g/mol. The Hall–Kier alpha value is -1.48. The fourth-order valence-electron chi connectivity index (χ4n) is 2.58. The van der Waals surface area contributed by atoms with Crippen LogP contribution < -0.4 is 4.74 Å². The average molecular weight is 277 g/mol. The van der Waals surface area contributed by atoms with Gasteiger partial charge in [0, 0.05) is 35.8 Å². The maximum absolute atomic E-state index is 6.19. The van der Waals surface area contributed by atoms with E-state index in [9.17, 15) is 0 Å². The number of fused-ring (bicyclic) bond motifs is 1. The van der Waals surface area contributed by atoms with Gasteiger partial charge in [-0.1, -0.05) is 18.5 Å². The lowest BCUT2D eigenvalue weighted by Gasteiger charge is -2.11. The Labute approximate surface area is 118 Å². The van der Waals surface area contributed by atoms with Crippen LogP contribution in [0.3, 0.4) is 0 Å². The van der Waals surface area contributed by atoms with Crippen molar-refractivity contribution in [3.63, 3.8) is 0 Å². The minimum absolute atomic E-state index is 0.758. The first-order valence-electron chi connectivity index (χ1n) is 6.72. The van der Waals surface area contributed by atoms with Gasteiger partial charge in [-0.15, -0.1) is 0 Å². The predicted molar refractivity (Wildman–Crippen MR) is 76.0 cm³/mol. The molecule has 2 heterocycles. The van der Waals surface area contributed by atoms with Crippen LogP contribution in [0.1, 0.15) is 30.3 Å². The molecule has 100 valence electrons. The summed E-state index contributed by atoms with van der Waals surface area (Å²) in [6.07, 6.45) is 6.93. The summed E-state index contributed by atoms with van der Waals surface area (Å²) in [5, 5.41) is 0.788. The van der Waals surface area contributed by atoms with E-state index >= 15 is 0 Å². The second-order valence-corrected chi connectivity index (χ2v) is 5.31. The van der Waals surface area contributed by atoms with E-state index in [1.165, 1.54) is 5.56 Å². The van der Waals surface area contributed by atoms with Gasteiger partial charge in [-0.05, 0) is 24.1 Å². The maximum Gasteiger partial charge on any atom is 0.127 e. The molecular formula is C15H17ClN2O. The van der Waals surface area contributed by atoms with Gasteiger partial charge in [0.05, 0.1) is 13.2 Å². The number of hydrogen-bond donors (Lipinski definition) is 0. The van der Waals surface area contributed by atoms with Crippen LogP contribution in [-0.4, -0.2) is 16.2 Å². The highest BCUT2D eigenvalue weighted by Gasteiger charge is 2.18. The zero-order valence-electron chi connectivity index (χ0n) is 11.0. The van der Waals surface area contributed by atoms with Crippen molar-refractivity contribution in [3.05, 3.63) is 46.5 Å². The van der Waals surface area contributed by atoms with Gasteiger partial charge >= 0.3 is 0 Å². The topological polar surface area (TPSA) is 27.1 Å². The summed E-state index contributed by atoms with van der Waals surface area (Å²) in [5.74, 6) is 2.13. The van der Waals surface area contributed by atoms with E-state index in [1.54, 1.807) is 0 Å². The molecule has 2 aromatic rings. The van der Waals surface area contributed by atoms with Gasteiger partial charge in [-0.25, -0.2) is 4.98 Å². The van der Waals surface area contributed by atoms with E-state index in [0.29, 0.717) is 0 Å². The highest BCUT2D eigenvalue weighted by atomic mass is 35.5. The van der Waals surface area contributed by atoms with Crippen LogP contribution in [0.5, 0.6) is 5.75 Å². The molecule has 0 aliphatic carbocycles. The third-order valence-electron chi connectivity index (χ3n) is 3.44. The summed E-state index contributed by atoms with van der Waals surface area (Å²) in [6, 6.07) is 4.01. The molecule has 4 heteroatoms. The Morgan fingerprint density at radius 3 is 3.16 bits per heavy atom. The third-order valence-corrected chi connectivity index (χ3v) is 3.66. The van der Waals surface area contributed by atoms with Crippen LogP contribution in [0.4, 0.5) is 0 Å². The number of imidazole rings is 1. The monoisotopic (exact) mass is 276 g/mol. The molecule has 1 aliphatic heterocycles. The third kappa shape index (κ3) is 2.47. The van der Waals surface area contributed by atoms with Gasteiger partial charge in [-0.2, -0.15) is 0 Å². The summed E-state index contributed by atoms with van der Waals surface area (Å²) in [6.45, 7) is 3.70. The Morgan fingerprint density at radius 2 is 2.32 bits per heavy atom. The molecule has 19 heavy (non-hydrogen) atoms. The standard InChI is InChI=1S/C15H17ClN2O/c1-2-3-14-17-5-6-18(14)10-12-9-13(16)8-11-4-7-19-15(11)12/h5-6,8-9H,2-4,7,10H2,1H3. The SMILES string of the molecule is CCCc1nccn1Cc1cc(Cl)cc2c1OCC2. The van der Waals surface area contributed by atoms with Crippen molar-refractivity contribution in [1.82, 2.24) is 9.55 Å². The van der Waals surface area contributed by atoms with Crippen molar-refractivity contribution in [2.75, 3.05) is 6.61 Å². The number of hydrogen-bond acceptors (Lipinski definition) is 2. The van der Waals surface area contributed by atoms with Gasteiger partial charge in [0.15, 0.2) is 0 Å². The van der Waals surface area contributed by atoms with E-state index in [-0.39, 0.29) is 0 Å². The van der Waals surface area contributed by atoms with Crippen LogP contribution in [-0.2, 0) is 19.4 Å². The van der Waals surface area contributed by atoms with Crippen molar-refractivity contribution < 1.29 is 4.74 Å². The first-order valence-corrected chi connectivity index (χ1v) is 7.10. The quantitative estimate of drug-likeness (QED) is 0.855. The summed E-state index contributed by atoms with van der Waals surface area (Å²) < 4.78 is 7.92. The second kappa shape index (κ2) is 5.25. The number of benzene rings is 1. The molecule has 0 saturated heterocycles. The first-order chi connectivity index (χ1) is 9.28. The van der Waals surface area contributed by atoms with Gasteiger partial charge in [0.1, 0.15) is 11.6 Å².